The van der Waals surface area contributed by atoms with Gasteiger partial charge in [0.15, 0.2) is 5.12 Å². The molecule has 0 aromatic carbocycles. The van der Waals surface area contributed by atoms with Gasteiger partial charge in [-0.15, -0.1) is 12.6 Å². The smallest absolute Gasteiger partial charge is 0.307 e. The zero-order chi connectivity index (χ0) is 9.59. The third-order valence-electron chi connectivity index (χ3n) is 3.49. The second kappa shape index (κ2) is 3.01. The van der Waals surface area contributed by atoms with E-state index in [2.05, 4.69) is 12.6 Å². The minimum atomic E-state index is -0.820. The van der Waals surface area contributed by atoms with Crippen LogP contribution in [0.2, 0.25) is 0 Å². The summed E-state index contributed by atoms with van der Waals surface area (Å²) < 4.78 is 0. The van der Waals surface area contributed by atoms with Crippen molar-refractivity contribution < 1.29 is 14.7 Å². The average Bonchev–Trinajstić information content (AvgIpc) is 2.60. The zero-order valence-electron chi connectivity index (χ0n) is 7.14. The first-order valence-electron chi connectivity index (χ1n) is 4.57. The van der Waals surface area contributed by atoms with Crippen molar-refractivity contribution in [1.82, 2.24) is 0 Å². The van der Waals surface area contributed by atoms with E-state index >= 15 is 0 Å². The largest absolute Gasteiger partial charge is 0.481 e. The molecule has 0 aromatic heterocycles. The number of aliphatic carboxylic acids is 1. The number of thiol groups is 1. The lowest BCUT2D eigenvalue weighted by molar-refractivity contribution is -0.147. The Kier molecular flexibility index (Phi) is 2.10. The second-order valence-electron chi connectivity index (χ2n) is 4.06. The predicted octanol–water partition coefficient (Wildman–Crippen LogP) is 1.19. The Labute approximate surface area is 81.9 Å². The zero-order valence-corrected chi connectivity index (χ0v) is 8.04. The fraction of sp³-hybridized carbons (Fsp3) is 0.778. The van der Waals surface area contributed by atoms with Gasteiger partial charge in [0.2, 0.25) is 0 Å². The molecular weight excluding hydrogens is 188 g/mol. The van der Waals surface area contributed by atoms with Gasteiger partial charge >= 0.3 is 5.97 Å². The molecule has 2 bridgehead atoms. The lowest BCUT2D eigenvalue weighted by Crippen LogP contribution is -2.32. The molecule has 0 unspecified atom stereocenters. The van der Waals surface area contributed by atoms with Crippen LogP contribution < -0.4 is 0 Å². The molecule has 2 aliphatic carbocycles. The van der Waals surface area contributed by atoms with E-state index in [4.69, 9.17) is 5.11 Å². The molecule has 4 heteroatoms. The monoisotopic (exact) mass is 200 g/mol. The van der Waals surface area contributed by atoms with Crippen LogP contribution in [0.1, 0.15) is 19.3 Å². The maximum Gasteiger partial charge on any atom is 0.307 e. The lowest BCUT2D eigenvalue weighted by Gasteiger charge is -2.24. The molecule has 13 heavy (non-hydrogen) atoms. The van der Waals surface area contributed by atoms with E-state index in [-0.39, 0.29) is 22.9 Å². The summed E-state index contributed by atoms with van der Waals surface area (Å²) in [6.07, 6.45) is 2.89. The van der Waals surface area contributed by atoms with E-state index in [1.165, 1.54) is 0 Å². The van der Waals surface area contributed by atoms with E-state index in [0.717, 1.165) is 19.3 Å². The van der Waals surface area contributed by atoms with Crippen LogP contribution in [0.5, 0.6) is 0 Å². The van der Waals surface area contributed by atoms with Gasteiger partial charge in [0.25, 0.3) is 0 Å². The predicted molar refractivity (Wildman–Crippen MR) is 49.4 cm³/mol. The highest BCUT2D eigenvalue weighted by Crippen LogP contribution is 2.52. The van der Waals surface area contributed by atoms with Gasteiger partial charge in [-0.05, 0) is 31.1 Å². The van der Waals surface area contributed by atoms with Crippen molar-refractivity contribution in [2.75, 3.05) is 0 Å². The molecule has 0 heterocycles. The Bertz CT molecular complexity index is 238. The van der Waals surface area contributed by atoms with E-state index in [9.17, 15) is 9.59 Å². The molecule has 0 spiro atoms. The van der Waals surface area contributed by atoms with E-state index < -0.39 is 11.9 Å². The summed E-state index contributed by atoms with van der Waals surface area (Å²) in [4.78, 5) is 22.1. The molecular formula is C9H12O3S. The van der Waals surface area contributed by atoms with Gasteiger partial charge in [0.05, 0.1) is 5.92 Å². The van der Waals surface area contributed by atoms with Crippen molar-refractivity contribution >= 4 is 23.7 Å². The number of rotatable bonds is 2. The fourth-order valence-corrected chi connectivity index (χ4v) is 3.37. The van der Waals surface area contributed by atoms with Gasteiger partial charge in [0, 0.05) is 5.92 Å². The van der Waals surface area contributed by atoms with Crippen LogP contribution in [0.15, 0.2) is 0 Å². The van der Waals surface area contributed by atoms with Gasteiger partial charge in [-0.25, -0.2) is 0 Å². The minimum absolute atomic E-state index is 0.226. The summed E-state index contributed by atoms with van der Waals surface area (Å²) in [6.45, 7) is 0. The van der Waals surface area contributed by atoms with Crippen LogP contribution in [0.3, 0.4) is 0 Å². The van der Waals surface area contributed by atoms with Crippen molar-refractivity contribution in [3.8, 4) is 0 Å². The molecule has 2 fully saturated rings. The van der Waals surface area contributed by atoms with Crippen molar-refractivity contribution in [2.45, 2.75) is 19.3 Å². The first-order chi connectivity index (χ1) is 6.11. The van der Waals surface area contributed by atoms with Crippen LogP contribution in [0.4, 0.5) is 0 Å². The molecule has 0 amide bonds. The van der Waals surface area contributed by atoms with Gasteiger partial charge in [-0.3, -0.25) is 9.59 Å². The van der Waals surface area contributed by atoms with Crippen LogP contribution in [0.25, 0.3) is 0 Å². The molecule has 2 aliphatic rings. The quantitative estimate of drug-likeness (QED) is 0.658. The molecule has 0 aliphatic heterocycles. The van der Waals surface area contributed by atoms with Gasteiger partial charge in [0.1, 0.15) is 0 Å². The summed E-state index contributed by atoms with van der Waals surface area (Å²) >= 11 is 3.78. The molecule has 3 nitrogen and oxygen atoms in total. The average molecular weight is 200 g/mol. The van der Waals surface area contributed by atoms with Crippen molar-refractivity contribution in [2.24, 2.45) is 23.7 Å². The maximum absolute atomic E-state index is 11.2. The summed E-state index contributed by atoms with van der Waals surface area (Å²) in [5.41, 5.74) is 0. The number of fused-ring (bicyclic) bond motifs is 2. The first kappa shape index (κ1) is 9.06. The minimum Gasteiger partial charge on any atom is -0.481 e. The van der Waals surface area contributed by atoms with E-state index in [1.54, 1.807) is 0 Å². The SMILES string of the molecule is O=C(O)[C@@H]1[C@H]2CC[C@@H](C2)[C@@H]1C(=O)S. The summed E-state index contributed by atoms with van der Waals surface area (Å²) in [7, 11) is 0. The molecule has 0 radical (unpaired) electrons. The second-order valence-corrected chi connectivity index (χ2v) is 4.50. The Morgan fingerprint density at radius 1 is 1.15 bits per heavy atom. The summed E-state index contributed by atoms with van der Waals surface area (Å²) in [6, 6.07) is 0. The molecule has 4 atom stereocenters. The first-order valence-corrected chi connectivity index (χ1v) is 5.01. The van der Waals surface area contributed by atoms with Gasteiger partial charge < -0.3 is 5.11 Å². The lowest BCUT2D eigenvalue weighted by atomic mass is 9.80. The van der Waals surface area contributed by atoms with Gasteiger partial charge in [-0.1, -0.05) is 0 Å². The van der Waals surface area contributed by atoms with Crippen molar-refractivity contribution in [1.29, 1.82) is 0 Å². The molecule has 2 rings (SSSR count). The summed E-state index contributed by atoms with van der Waals surface area (Å²) in [5.74, 6) is -1.08. The molecule has 72 valence electrons. The van der Waals surface area contributed by atoms with Gasteiger partial charge in [-0.2, -0.15) is 0 Å². The number of hydrogen-bond donors (Lipinski definition) is 2. The Morgan fingerprint density at radius 2 is 1.69 bits per heavy atom. The van der Waals surface area contributed by atoms with E-state index in [1.807, 2.05) is 0 Å². The topological polar surface area (TPSA) is 54.4 Å². The Morgan fingerprint density at radius 3 is 2.08 bits per heavy atom. The molecule has 1 N–H and O–H groups in total. The highest BCUT2D eigenvalue weighted by atomic mass is 32.1. The third-order valence-corrected chi connectivity index (χ3v) is 3.78. The number of carbonyl (C=O) groups excluding carboxylic acids is 1. The number of hydrogen-bond acceptors (Lipinski definition) is 2. The number of carbonyl (C=O) groups is 2. The summed E-state index contributed by atoms with van der Waals surface area (Å²) in [5, 5.41) is 8.73. The molecule has 0 aromatic rings. The van der Waals surface area contributed by atoms with Crippen LogP contribution in [-0.4, -0.2) is 16.2 Å². The normalized spacial score (nSPS) is 42.2. The highest BCUT2D eigenvalue weighted by Gasteiger charge is 2.53. The number of carboxylic acids is 1. The van der Waals surface area contributed by atoms with Crippen molar-refractivity contribution in [3.63, 3.8) is 0 Å². The van der Waals surface area contributed by atoms with Crippen LogP contribution >= 0.6 is 12.6 Å². The van der Waals surface area contributed by atoms with Crippen LogP contribution in [-0.2, 0) is 9.59 Å². The fourth-order valence-electron chi connectivity index (χ4n) is 3.00. The number of carboxylic acid groups (broad SMARTS) is 1. The highest BCUT2D eigenvalue weighted by molar-refractivity contribution is 7.96. The molecule has 0 saturated heterocycles. The molecule has 2 saturated carbocycles. The third kappa shape index (κ3) is 1.27. The Hall–Kier alpha value is -0.510. The van der Waals surface area contributed by atoms with Crippen LogP contribution in [0, 0.1) is 23.7 Å². The van der Waals surface area contributed by atoms with E-state index in [0.29, 0.717) is 0 Å². The van der Waals surface area contributed by atoms with Crippen molar-refractivity contribution in [3.05, 3.63) is 0 Å². The standard InChI is InChI=1S/C9H12O3S/c10-8(11)6-4-1-2-5(3-4)7(6)9(12)13/h4-7H,1-3H2,(H,10,11)(H,12,13)/t4-,5-,6+,7-/m0/s1. The maximum atomic E-state index is 11.2. The Balaban J connectivity index is 2.24.